The number of carbonyl (C=O) groups excluding carboxylic acids is 1. The molecule has 0 atom stereocenters. The van der Waals surface area contributed by atoms with Crippen molar-refractivity contribution < 1.29 is 9.53 Å². The smallest absolute Gasteiger partial charge is 0.271 e. The van der Waals surface area contributed by atoms with Crippen LogP contribution in [-0.2, 0) is 9.53 Å². The standard InChI is InChI=1S/C12H14NO2/c1-13(2)10-15-12(9-14)8-11-6-4-3-5-7-11/h3-8H,10H2,1-2H3. The molecule has 0 aromatic heterocycles. The Hall–Kier alpha value is -1.61. The van der Waals surface area contributed by atoms with Crippen LogP contribution in [0.15, 0.2) is 36.1 Å². The summed E-state index contributed by atoms with van der Waals surface area (Å²) in [5.74, 6) is 0.218. The predicted molar refractivity (Wildman–Crippen MR) is 59.8 cm³/mol. The zero-order chi connectivity index (χ0) is 11.1. The van der Waals surface area contributed by atoms with Crippen LogP contribution >= 0.6 is 0 Å². The van der Waals surface area contributed by atoms with E-state index in [1.165, 1.54) is 0 Å². The van der Waals surface area contributed by atoms with Crippen LogP contribution in [0.1, 0.15) is 5.56 Å². The van der Waals surface area contributed by atoms with E-state index in [-0.39, 0.29) is 5.76 Å². The Kier molecular flexibility index (Phi) is 4.57. The second-order valence-electron chi connectivity index (χ2n) is 3.37. The van der Waals surface area contributed by atoms with Crippen molar-refractivity contribution >= 4 is 12.4 Å². The zero-order valence-corrected chi connectivity index (χ0v) is 8.93. The second-order valence-corrected chi connectivity index (χ2v) is 3.37. The SMILES string of the molecule is CN(C)COC([C]=O)=Cc1ccccc1. The Morgan fingerprint density at radius 2 is 2.07 bits per heavy atom. The maximum absolute atomic E-state index is 10.6. The third kappa shape index (κ3) is 4.42. The largest absolute Gasteiger partial charge is 0.474 e. The van der Waals surface area contributed by atoms with Crippen molar-refractivity contribution in [2.24, 2.45) is 0 Å². The minimum atomic E-state index is 0.218. The van der Waals surface area contributed by atoms with Crippen molar-refractivity contribution in [2.75, 3.05) is 20.8 Å². The van der Waals surface area contributed by atoms with Crippen molar-refractivity contribution in [1.29, 1.82) is 0 Å². The molecule has 0 aliphatic heterocycles. The molecule has 79 valence electrons. The van der Waals surface area contributed by atoms with Gasteiger partial charge < -0.3 is 4.74 Å². The van der Waals surface area contributed by atoms with E-state index in [0.29, 0.717) is 6.73 Å². The molecule has 0 fully saturated rings. The summed E-state index contributed by atoms with van der Waals surface area (Å²) in [6, 6.07) is 9.52. The molecule has 0 N–H and O–H groups in total. The minimum Gasteiger partial charge on any atom is -0.474 e. The van der Waals surface area contributed by atoms with Gasteiger partial charge in [-0.3, -0.25) is 9.69 Å². The number of rotatable bonds is 5. The van der Waals surface area contributed by atoms with Gasteiger partial charge in [-0.25, -0.2) is 0 Å². The topological polar surface area (TPSA) is 29.5 Å². The summed E-state index contributed by atoms with van der Waals surface area (Å²) in [5, 5.41) is 0. The van der Waals surface area contributed by atoms with Crippen LogP contribution < -0.4 is 0 Å². The first-order valence-corrected chi connectivity index (χ1v) is 4.65. The monoisotopic (exact) mass is 204 g/mol. The van der Waals surface area contributed by atoms with Crippen molar-refractivity contribution in [2.45, 2.75) is 0 Å². The van der Waals surface area contributed by atoms with E-state index < -0.39 is 0 Å². The van der Waals surface area contributed by atoms with Crippen molar-refractivity contribution in [3.8, 4) is 0 Å². The van der Waals surface area contributed by atoms with Gasteiger partial charge in [0, 0.05) is 0 Å². The zero-order valence-electron chi connectivity index (χ0n) is 8.93. The van der Waals surface area contributed by atoms with E-state index in [1.54, 1.807) is 12.4 Å². The fourth-order valence-electron chi connectivity index (χ4n) is 1.000. The molecule has 1 aromatic rings. The highest BCUT2D eigenvalue weighted by Gasteiger charge is 1.98. The molecule has 0 amide bonds. The summed E-state index contributed by atoms with van der Waals surface area (Å²) in [4.78, 5) is 12.4. The lowest BCUT2D eigenvalue weighted by atomic mass is 10.2. The van der Waals surface area contributed by atoms with E-state index in [1.807, 2.05) is 49.3 Å². The van der Waals surface area contributed by atoms with E-state index in [2.05, 4.69) is 0 Å². The van der Waals surface area contributed by atoms with Gasteiger partial charge in [-0.2, -0.15) is 0 Å². The molecule has 1 rings (SSSR count). The molecular formula is C12H14NO2. The van der Waals surface area contributed by atoms with Crippen LogP contribution in [0.2, 0.25) is 0 Å². The van der Waals surface area contributed by atoms with Crippen molar-refractivity contribution in [3.63, 3.8) is 0 Å². The van der Waals surface area contributed by atoms with Crippen LogP contribution in [0, 0.1) is 0 Å². The number of allylic oxidation sites excluding steroid dienone is 1. The molecule has 15 heavy (non-hydrogen) atoms. The molecule has 0 aliphatic carbocycles. The van der Waals surface area contributed by atoms with Gasteiger partial charge in [-0.1, -0.05) is 30.3 Å². The molecule has 0 spiro atoms. The van der Waals surface area contributed by atoms with Crippen LogP contribution in [0.5, 0.6) is 0 Å². The lowest BCUT2D eigenvalue weighted by molar-refractivity contribution is 0.123. The van der Waals surface area contributed by atoms with Crippen LogP contribution in [0.4, 0.5) is 0 Å². The first-order valence-electron chi connectivity index (χ1n) is 4.65. The first-order chi connectivity index (χ1) is 7.22. The Labute approximate surface area is 90.0 Å². The summed E-state index contributed by atoms with van der Waals surface area (Å²) < 4.78 is 5.22. The molecule has 0 saturated heterocycles. The van der Waals surface area contributed by atoms with E-state index >= 15 is 0 Å². The quantitative estimate of drug-likeness (QED) is 0.415. The van der Waals surface area contributed by atoms with Gasteiger partial charge in [-0.15, -0.1) is 0 Å². The lowest BCUT2D eigenvalue weighted by Crippen LogP contribution is -2.16. The average molecular weight is 204 g/mol. The van der Waals surface area contributed by atoms with E-state index in [4.69, 9.17) is 4.74 Å². The van der Waals surface area contributed by atoms with Gasteiger partial charge in [0.1, 0.15) is 6.73 Å². The molecule has 0 unspecified atom stereocenters. The maximum Gasteiger partial charge on any atom is 0.271 e. The number of benzene rings is 1. The molecule has 3 heteroatoms. The third-order valence-electron chi connectivity index (χ3n) is 1.68. The Morgan fingerprint density at radius 3 is 2.60 bits per heavy atom. The van der Waals surface area contributed by atoms with Crippen LogP contribution in [0.3, 0.4) is 0 Å². The second kappa shape index (κ2) is 5.98. The van der Waals surface area contributed by atoms with Crippen molar-refractivity contribution in [1.82, 2.24) is 4.90 Å². The molecule has 3 nitrogen and oxygen atoms in total. The normalized spacial score (nSPS) is 11.5. The van der Waals surface area contributed by atoms with Crippen LogP contribution in [-0.4, -0.2) is 32.0 Å². The Balaban J connectivity index is 2.66. The van der Waals surface area contributed by atoms with E-state index in [0.717, 1.165) is 5.56 Å². The maximum atomic E-state index is 10.6. The predicted octanol–water partition coefficient (Wildman–Crippen LogP) is 1.67. The van der Waals surface area contributed by atoms with Gasteiger partial charge in [-0.05, 0) is 25.7 Å². The highest BCUT2D eigenvalue weighted by molar-refractivity contribution is 5.79. The molecule has 0 aliphatic rings. The molecule has 0 bridgehead atoms. The van der Waals surface area contributed by atoms with Gasteiger partial charge >= 0.3 is 0 Å². The first kappa shape index (κ1) is 11.5. The van der Waals surface area contributed by atoms with E-state index in [9.17, 15) is 4.79 Å². The third-order valence-corrected chi connectivity index (χ3v) is 1.68. The summed E-state index contributed by atoms with van der Waals surface area (Å²) in [6.07, 6.45) is 3.43. The summed E-state index contributed by atoms with van der Waals surface area (Å²) in [5.41, 5.74) is 0.926. The molecular weight excluding hydrogens is 190 g/mol. The fourth-order valence-corrected chi connectivity index (χ4v) is 1.000. The van der Waals surface area contributed by atoms with Crippen molar-refractivity contribution in [3.05, 3.63) is 41.7 Å². The Bertz CT molecular complexity index is 331. The molecule has 0 saturated carbocycles. The average Bonchev–Trinajstić information content (AvgIpc) is 2.25. The molecule has 0 heterocycles. The van der Waals surface area contributed by atoms with Gasteiger partial charge in [0.25, 0.3) is 6.29 Å². The number of nitrogens with zero attached hydrogens (tertiary/aromatic N) is 1. The Morgan fingerprint density at radius 1 is 1.40 bits per heavy atom. The highest BCUT2D eigenvalue weighted by Crippen LogP contribution is 2.05. The van der Waals surface area contributed by atoms with Gasteiger partial charge in [0.05, 0.1) is 0 Å². The number of ether oxygens (including phenoxy) is 1. The van der Waals surface area contributed by atoms with Gasteiger partial charge in [0.2, 0.25) is 0 Å². The highest BCUT2D eigenvalue weighted by atomic mass is 16.5. The number of hydrogen-bond donors (Lipinski definition) is 0. The molecule has 1 aromatic carbocycles. The van der Waals surface area contributed by atoms with Crippen LogP contribution in [0.25, 0.3) is 6.08 Å². The summed E-state index contributed by atoms with van der Waals surface area (Å²) in [6.45, 7) is 0.369. The summed E-state index contributed by atoms with van der Waals surface area (Å²) in [7, 11) is 3.73. The number of hydrogen-bond acceptors (Lipinski definition) is 3. The lowest BCUT2D eigenvalue weighted by Gasteiger charge is -2.10. The fraction of sp³-hybridized carbons (Fsp3) is 0.250. The summed E-state index contributed by atoms with van der Waals surface area (Å²) >= 11 is 0. The minimum absolute atomic E-state index is 0.218. The van der Waals surface area contributed by atoms with Gasteiger partial charge in [0.15, 0.2) is 5.76 Å². The molecule has 1 radical (unpaired) electrons.